The van der Waals surface area contributed by atoms with E-state index < -0.39 is 12.3 Å². The molecule has 27 heavy (non-hydrogen) atoms. The summed E-state index contributed by atoms with van der Waals surface area (Å²) in [5, 5.41) is 0. The lowest BCUT2D eigenvalue weighted by molar-refractivity contribution is -0.0651. The fourth-order valence-electron chi connectivity index (χ4n) is 4.24. The van der Waals surface area contributed by atoms with Crippen LogP contribution in [0.2, 0.25) is 0 Å². The van der Waals surface area contributed by atoms with Crippen LogP contribution in [0, 0.1) is 5.92 Å². The topological polar surface area (TPSA) is 12.5 Å². The summed E-state index contributed by atoms with van der Waals surface area (Å²) in [4.78, 5) is 2.26. The van der Waals surface area contributed by atoms with Gasteiger partial charge in [-0.2, -0.15) is 0 Å². The van der Waals surface area contributed by atoms with Crippen molar-refractivity contribution < 1.29 is 13.5 Å². The van der Waals surface area contributed by atoms with Crippen LogP contribution in [0.15, 0.2) is 66.7 Å². The van der Waals surface area contributed by atoms with Gasteiger partial charge >= 0.3 is 0 Å². The maximum atomic E-state index is 14.2. The zero-order valence-corrected chi connectivity index (χ0v) is 15.3. The number of likely N-dealkylation sites (tertiary alicyclic amines) is 1. The van der Waals surface area contributed by atoms with Crippen LogP contribution in [0.1, 0.15) is 36.3 Å². The Balaban J connectivity index is 1.76. The van der Waals surface area contributed by atoms with Gasteiger partial charge in [-0.15, -0.1) is 0 Å². The number of benzene rings is 2. The van der Waals surface area contributed by atoms with E-state index in [0.717, 1.165) is 37.1 Å². The Morgan fingerprint density at radius 2 is 1.48 bits per heavy atom. The van der Waals surface area contributed by atoms with Gasteiger partial charge in [-0.3, -0.25) is 4.90 Å². The summed E-state index contributed by atoms with van der Waals surface area (Å²) in [6.45, 7) is 1.79. The lowest BCUT2D eigenvalue weighted by Crippen LogP contribution is -2.48. The molecule has 2 aliphatic heterocycles. The van der Waals surface area contributed by atoms with Crippen molar-refractivity contribution in [2.45, 2.75) is 37.8 Å². The summed E-state index contributed by atoms with van der Waals surface area (Å²) in [6, 6.07) is 19.2. The van der Waals surface area contributed by atoms with Gasteiger partial charge < -0.3 is 4.74 Å². The van der Waals surface area contributed by atoms with Gasteiger partial charge in [0.25, 0.3) is 0 Å². The molecule has 4 heteroatoms. The third-order valence-electron chi connectivity index (χ3n) is 5.60. The molecule has 2 nitrogen and oxygen atoms in total. The molecule has 0 aliphatic carbocycles. The van der Waals surface area contributed by atoms with Gasteiger partial charge in [-0.1, -0.05) is 67.1 Å². The molecule has 142 valence electrons. The Morgan fingerprint density at radius 1 is 0.852 bits per heavy atom. The molecule has 2 heterocycles. The lowest BCUT2D eigenvalue weighted by Gasteiger charge is -2.44. The van der Waals surface area contributed by atoms with Gasteiger partial charge in [0.1, 0.15) is 5.76 Å². The fraction of sp³-hybridized carbons (Fsp3) is 0.391. The summed E-state index contributed by atoms with van der Waals surface area (Å²) < 4.78 is 34.7. The van der Waals surface area contributed by atoms with Crippen molar-refractivity contribution in [3.8, 4) is 0 Å². The predicted octanol–water partition coefficient (Wildman–Crippen LogP) is 5.53. The number of ether oxygens (including phenoxy) is 1. The van der Waals surface area contributed by atoms with Crippen LogP contribution in [0.25, 0.3) is 5.76 Å². The van der Waals surface area contributed by atoms with Gasteiger partial charge in [0.15, 0.2) is 6.23 Å². The van der Waals surface area contributed by atoms with Crippen molar-refractivity contribution in [3.63, 3.8) is 0 Å². The summed E-state index contributed by atoms with van der Waals surface area (Å²) in [7, 11) is 0. The number of halogens is 2. The van der Waals surface area contributed by atoms with E-state index in [2.05, 4.69) is 4.90 Å². The van der Waals surface area contributed by atoms with Crippen molar-refractivity contribution in [2.24, 2.45) is 5.92 Å². The second kappa shape index (κ2) is 8.22. The third-order valence-corrected chi connectivity index (χ3v) is 5.60. The summed E-state index contributed by atoms with van der Waals surface area (Å²) >= 11 is 0. The molecule has 2 aliphatic rings. The first kappa shape index (κ1) is 18.2. The van der Waals surface area contributed by atoms with Gasteiger partial charge in [-0.05, 0) is 24.5 Å². The zero-order chi connectivity index (χ0) is 18.6. The van der Waals surface area contributed by atoms with Gasteiger partial charge in [0.05, 0.1) is 5.92 Å². The van der Waals surface area contributed by atoms with E-state index in [9.17, 15) is 8.78 Å². The molecule has 1 saturated heterocycles. The average Bonchev–Trinajstić information content (AvgIpc) is 2.74. The summed E-state index contributed by atoms with van der Waals surface area (Å²) in [5.74, 6) is -0.677. The molecular weight excluding hydrogens is 344 g/mol. The highest BCUT2D eigenvalue weighted by Crippen LogP contribution is 2.43. The molecule has 2 aromatic carbocycles. The van der Waals surface area contributed by atoms with Crippen LogP contribution in [0.4, 0.5) is 8.78 Å². The Bertz CT molecular complexity index is 756. The van der Waals surface area contributed by atoms with E-state index in [1.807, 2.05) is 60.7 Å². The minimum absolute atomic E-state index is 0.369. The number of hydrogen-bond donors (Lipinski definition) is 0. The highest BCUT2D eigenvalue weighted by Gasteiger charge is 2.43. The summed E-state index contributed by atoms with van der Waals surface area (Å²) in [5.41, 5.74) is 1.78. The van der Waals surface area contributed by atoms with Gasteiger partial charge in [0.2, 0.25) is 6.43 Å². The van der Waals surface area contributed by atoms with E-state index in [0.29, 0.717) is 5.76 Å². The van der Waals surface area contributed by atoms with E-state index >= 15 is 0 Å². The molecule has 1 fully saturated rings. The van der Waals surface area contributed by atoms with Crippen LogP contribution in [-0.2, 0) is 4.74 Å². The van der Waals surface area contributed by atoms with Crippen LogP contribution in [-0.4, -0.2) is 30.6 Å². The third kappa shape index (κ3) is 3.91. The number of alkyl halides is 2. The van der Waals surface area contributed by atoms with E-state index in [1.54, 1.807) is 6.08 Å². The van der Waals surface area contributed by atoms with E-state index in [1.165, 1.54) is 6.42 Å². The molecule has 0 aromatic heterocycles. The van der Waals surface area contributed by atoms with Crippen LogP contribution >= 0.6 is 0 Å². The molecule has 0 N–H and O–H groups in total. The smallest absolute Gasteiger partial charge is 0.245 e. The first-order chi connectivity index (χ1) is 13.2. The Kier molecular flexibility index (Phi) is 5.53. The second-order valence-corrected chi connectivity index (χ2v) is 7.35. The van der Waals surface area contributed by atoms with E-state index in [4.69, 9.17) is 4.74 Å². The average molecular weight is 369 g/mol. The van der Waals surface area contributed by atoms with E-state index in [-0.39, 0.29) is 12.1 Å². The molecule has 3 atom stereocenters. The van der Waals surface area contributed by atoms with Crippen molar-refractivity contribution in [3.05, 3.63) is 77.9 Å². The van der Waals surface area contributed by atoms with Crippen molar-refractivity contribution >= 4 is 5.76 Å². The largest absolute Gasteiger partial charge is 0.474 e. The normalized spacial score (nSPS) is 26.5. The van der Waals surface area contributed by atoms with Crippen LogP contribution in [0.3, 0.4) is 0 Å². The SMILES string of the molecule is FC(F)[C@H]1C=C(c2ccccc2)O[C@@H](N2CCCCC2)[C@@H]1c1ccccc1. The maximum Gasteiger partial charge on any atom is 0.245 e. The summed E-state index contributed by atoms with van der Waals surface area (Å²) in [6.07, 6.45) is 2.20. The monoisotopic (exact) mass is 369 g/mol. The fourth-order valence-corrected chi connectivity index (χ4v) is 4.24. The molecule has 0 spiro atoms. The van der Waals surface area contributed by atoms with Gasteiger partial charge in [0, 0.05) is 24.6 Å². The number of piperidine rings is 1. The quantitative estimate of drug-likeness (QED) is 0.702. The molecular formula is C23H25F2NO. The molecule has 0 saturated carbocycles. The second-order valence-electron chi connectivity index (χ2n) is 7.35. The minimum Gasteiger partial charge on any atom is -0.474 e. The molecule has 0 bridgehead atoms. The number of rotatable bonds is 4. The lowest BCUT2D eigenvalue weighted by atomic mass is 9.81. The minimum atomic E-state index is -2.44. The van der Waals surface area contributed by atoms with Crippen molar-refractivity contribution in [2.75, 3.05) is 13.1 Å². The molecule has 0 unspecified atom stereocenters. The molecule has 2 aromatic rings. The highest BCUT2D eigenvalue weighted by molar-refractivity contribution is 5.61. The van der Waals surface area contributed by atoms with Gasteiger partial charge in [-0.25, -0.2) is 8.78 Å². The first-order valence-corrected chi connectivity index (χ1v) is 9.75. The number of nitrogens with zero attached hydrogens (tertiary/aromatic N) is 1. The Hall–Kier alpha value is -2.20. The Morgan fingerprint density at radius 3 is 2.11 bits per heavy atom. The van der Waals surface area contributed by atoms with Crippen LogP contribution in [0.5, 0.6) is 0 Å². The van der Waals surface area contributed by atoms with Crippen LogP contribution < -0.4 is 0 Å². The number of allylic oxidation sites excluding steroid dienone is 1. The predicted molar refractivity (Wildman–Crippen MR) is 103 cm³/mol. The molecule has 0 amide bonds. The van der Waals surface area contributed by atoms with Crippen molar-refractivity contribution in [1.29, 1.82) is 0 Å². The number of hydrogen-bond acceptors (Lipinski definition) is 2. The highest BCUT2D eigenvalue weighted by atomic mass is 19.3. The Labute approximate surface area is 159 Å². The molecule has 4 rings (SSSR count). The molecule has 0 radical (unpaired) electrons. The zero-order valence-electron chi connectivity index (χ0n) is 15.3. The standard InChI is InChI=1S/C23H25F2NO/c24-22(25)19-16-20(17-10-4-1-5-11-17)27-23(26-14-8-3-9-15-26)21(19)18-12-6-2-7-13-18/h1-2,4-7,10-13,16,19,21-23H,3,8-9,14-15H2/t19-,21+,23+/m0/s1. The van der Waals surface area contributed by atoms with Crippen molar-refractivity contribution in [1.82, 2.24) is 4.90 Å². The maximum absolute atomic E-state index is 14.2. The first-order valence-electron chi connectivity index (χ1n) is 9.75.